The Hall–Kier alpha value is -1.22. The Morgan fingerprint density at radius 2 is 2.00 bits per heavy atom. The molecule has 0 saturated carbocycles. The van der Waals surface area contributed by atoms with Gasteiger partial charge in [0, 0.05) is 0 Å². The van der Waals surface area contributed by atoms with Gasteiger partial charge in [0.1, 0.15) is 0 Å². The van der Waals surface area contributed by atoms with Gasteiger partial charge in [-0.05, 0) is 37.1 Å². The number of hydrogen-bond donors (Lipinski definition) is 1. The van der Waals surface area contributed by atoms with Gasteiger partial charge in [-0.3, -0.25) is 0 Å². The molecule has 0 amide bonds. The van der Waals surface area contributed by atoms with Crippen LogP contribution < -0.4 is 0 Å². The van der Waals surface area contributed by atoms with Gasteiger partial charge in [0.05, 0.1) is 6.10 Å². The van der Waals surface area contributed by atoms with Crippen molar-refractivity contribution in [3.8, 4) is 0 Å². The van der Waals surface area contributed by atoms with Crippen molar-refractivity contribution in [1.29, 1.82) is 0 Å². The first-order chi connectivity index (χ1) is 6.50. The van der Waals surface area contributed by atoms with Gasteiger partial charge in [0.15, 0.2) is 11.6 Å². The number of hydrogen-bond acceptors (Lipinski definition) is 1. The fourth-order valence-electron chi connectivity index (χ4n) is 1.20. The molecule has 0 aromatic heterocycles. The standard InChI is InChI=1S/C11H12F2O/c1-7(5-8(2)14)9-3-4-10(12)11(13)6-9/h3-6,8,14H,1-2H3/b7-5-. The summed E-state index contributed by atoms with van der Waals surface area (Å²) in [6.07, 6.45) is 0.982. The van der Waals surface area contributed by atoms with Crippen molar-refractivity contribution in [2.75, 3.05) is 0 Å². The van der Waals surface area contributed by atoms with Gasteiger partial charge < -0.3 is 5.11 Å². The minimum Gasteiger partial charge on any atom is -0.389 e. The molecule has 0 spiro atoms. The van der Waals surface area contributed by atoms with Gasteiger partial charge in [-0.1, -0.05) is 12.1 Å². The molecule has 1 aromatic rings. The average Bonchev–Trinajstić information content (AvgIpc) is 2.08. The summed E-state index contributed by atoms with van der Waals surface area (Å²) in [6, 6.07) is 3.67. The smallest absolute Gasteiger partial charge is 0.159 e. The Labute approximate surface area is 81.7 Å². The Kier molecular flexibility index (Phi) is 3.36. The Balaban J connectivity index is 3.03. The van der Waals surface area contributed by atoms with Gasteiger partial charge in [0.2, 0.25) is 0 Å². The van der Waals surface area contributed by atoms with E-state index < -0.39 is 17.7 Å². The lowest BCUT2D eigenvalue weighted by Gasteiger charge is -2.03. The molecule has 0 aliphatic heterocycles. The molecule has 1 atom stereocenters. The molecular formula is C11H12F2O. The molecule has 76 valence electrons. The van der Waals surface area contributed by atoms with Gasteiger partial charge in [-0.25, -0.2) is 8.78 Å². The summed E-state index contributed by atoms with van der Waals surface area (Å²) in [5, 5.41) is 9.06. The van der Waals surface area contributed by atoms with E-state index in [-0.39, 0.29) is 0 Å². The lowest BCUT2D eigenvalue weighted by molar-refractivity contribution is 0.244. The maximum absolute atomic E-state index is 12.8. The predicted molar refractivity (Wildman–Crippen MR) is 51.7 cm³/mol. The fraction of sp³-hybridized carbons (Fsp3) is 0.273. The summed E-state index contributed by atoms with van der Waals surface area (Å²) in [5.74, 6) is -1.74. The minimum absolute atomic E-state index is 0.574. The molecule has 14 heavy (non-hydrogen) atoms. The SMILES string of the molecule is C/C(=C/C(C)O)c1ccc(F)c(F)c1. The molecule has 0 aliphatic carbocycles. The summed E-state index contributed by atoms with van der Waals surface area (Å²) < 4.78 is 25.4. The predicted octanol–water partition coefficient (Wildman–Crippen LogP) is 2.75. The van der Waals surface area contributed by atoms with Crippen LogP contribution in [-0.2, 0) is 0 Å². The first-order valence-corrected chi connectivity index (χ1v) is 4.32. The molecule has 1 rings (SSSR count). The van der Waals surface area contributed by atoms with Crippen LogP contribution in [0.15, 0.2) is 24.3 Å². The van der Waals surface area contributed by atoms with E-state index in [4.69, 9.17) is 5.11 Å². The second-order valence-corrected chi connectivity index (χ2v) is 3.22. The van der Waals surface area contributed by atoms with Crippen LogP contribution in [0, 0.1) is 11.6 Å². The van der Waals surface area contributed by atoms with E-state index in [2.05, 4.69) is 0 Å². The lowest BCUT2D eigenvalue weighted by atomic mass is 10.1. The molecule has 0 saturated heterocycles. The monoisotopic (exact) mass is 198 g/mol. The molecule has 1 nitrogen and oxygen atoms in total. The quantitative estimate of drug-likeness (QED) is 0.774. The summed E-state index contributed by atoms with van der Waals surface area (Å²) >= 11 is 0. The number of rotatable bonds is 2. The lowest BCUT2D eigenvalue weighted by Crippen LogP contribution is -1.95. The van der Waals surface area contributed by atoms with Crippen molar-refractivity contribution in [2.24, 2.45) is 0 Å². The van der Waals surface area contributed by atoms with Crippen molar-refractivity contribution in [3.05, 3.63) is 41.5 Å². The second kappa shape index (κ2) is 4.33. The Morgan fingerprint density at radius 1 is 1.36 bits per heavy atom. The zero-order valence-corrected chi connectivity index (χ0v) is 8.09. The minimum atomic E-state index is -0.874. The third-order valence-electron chi connectivity index (χ3n) is 1.87. The third kappa shape index (κ3) is 2.64. The first kappa shape index (κ1) is 10.9. The molecule has 1 aromatic carbocycles. The summed E-state index contributed by atoms with van der Waals surface area (Å²) in [5.41, 5.74) is 1.30. The van der Waals surface area contributed by atoms with Gasteiger partial charge in [-0.2, -0.15) is 0 Å². The Morgan fingerprint density at radius 3 is 2.50 bits per heavy atom. The van der Waals surface area contributed by atoms with Crippen LogP contribution in [0.25, 0.3) is 5.57 Å². The van der Waals surface area contributed by atoms with E-state index in [0.29, 0.717) is 5.56 Å². The molecule has 1 unspecified atom stereocenters. The number of allylic oxidation sites excluding steroid dienone is 1. The zero-order valence-electron chi connectivity index (χ0n) is 8.09. The molecular weight excluding hydrogens is 186 g/mol. The summed E-state index contributed by atoms with van der Waals surface area (Å²) in [7, 11) is 0. The van der Waals surface area contributed by atoms with Crippen LogP contribution in [0.4, 0.5) is 8.78 Å². The number of halogens is 2. The van der Waals surface area contributed by atoms with Gasteiger partial charge in [0.25, 0.3) is 0 Å². The number of aliphatic hydroxyl groups excluding tert-OH is 1. The summed E-state index contributed by atoms with van der Waals surface area (Å²) in [4.78, 5) is 0. The maximum atomic E-state index is 12.8. The van der Waals surface area contributed by atoms with E-state index in [1.165, 1.54) is 6.07 Å². The van der Waals surface area contributed by atoms with Crippen molar-refractivity contribution in [3.63, 3.8) is 0 Å². The highest BCUT2D eigenvalue weighted by Gasteiger charge is 2.04. The molecule has 1 N–H and O–H groups in total. The van der Waals surface area contributed by atoms with Gasteiger partial charge in [-0.15, -0.1) is 0 Å². The van der Waals surface area contributed by atoms with Gasteiger partial charge >= 0.3 is 0 Å². The normalized spacial score (nSPS) is 14.2. The van der Waals surface area contributed by atoms with Crippen LogP contribution in [0.2, 0.25) is 0 Å². The van der Waals surface area contributed by atoms with Crippen LogP contribution in [-0.4, -0.2) is 11.2 Å². The molecule has 0 aliphatic rings. The van der Waals surface area contributed by atoms with Crippen molar-refractivity contribution >= 4 is 5.57 Å². The van der Waals surface area contributed by atoms with Crippen molar-refractivity contribution < 1.29 is 13.9 Å². The fourth-order valence-corrected chi connectivity index (χ4v) is 1.20. The molecule has 0 bridgehead atoms. The molecule has 3 heteroatoms. The first-order valence-electron chi connectivity index (χ1n) is 4.32. The Bertz CT molecular complexity index is 356. The largest absolute Gasteiger partial charge is 0.389 e. The highest BCUT2D eigenvalue weighted by molar-refractivity contribution is 5.63. The van der Waals surface area contributed by atoms with Crippen LogP contribution in [0.1, 0.15) is 19.4 Å². The second-order valence-electron chi connectivity index (χ2n) is 3.22. The van der Waals surface area contributed by atoms with Crippen LogP contribution in [0.5, 0.6) is 0 Å². The zero-order chi connectivity index (χ0) is 10.7. The van der Waals surface area contributed by atoms with Crippen LogP contribution in [0.3, 0.4) is 0 Å². The highest BCUT2D eigenvalue weighted by atomic mass is 19.2. The highest BCUT2D eigenvalue weighted by Crippen LogP contribution is 2.17. The van der Waals surface area contributed by atoms with Crippen molar-refractivity contribution in [2.45, 2.75) is 20.0 Å². The number of aliphatic hydroxyl groups is 1. The van der Waals surface area contributed by atoms with Crippen LogP contribution >= 0.6 is 0 Å². The molecule has 0 fully saturated rings. The van der Waals surface area contributed by atoms with E-state index in [1.54, 1.807) is 19.9 Å². The van der Waals surface area contributed by atoms with E-state index in [1.807, 2.05) is 0 Å². The third-order valence-corrected chi connectivity index (χ3v) is 1.87. The van der Waals surface area contributed by atoms with E-state index >= 15 is 0 Å². The van der Waals surface area contributed by atoms with E-state index in [9.17, 15) is 8.78 Å². The topological polar surface area (TPSA) is 20.2 Å². The summed E-state index contributed by atoms with van der Waals surface area (Å²) in [6.45, 7) is 3.34. The maximum Gasteiger partial charge on any atom is 0.159 e. The molecule has 0 heterocycles. The number of benzene rings is 1. The van der Waals surface area contributed by atoms with E-state index in [0.717, 1.165) is 17.7 Å². The average molecular weight is 198 g/mol. The molecule has 0 radical (unpaired) electrons. The van der Waals surface area contributed by atoms with Crippen molar-refractivity contribution in [1.82, 2.24) is 0 Å².